The van der Waals surface area contributed by atoms with E-state index in [0.717, 1.165) is 69.6 Å². The molecule has 0 saturated carbocycles. The van der Waals surface area contributed by atoms with E-state index in [-0.39, 0.29) is 0 Å². The maximum absolute atomic E-state index is 11.2. The van der Waals surface area contributed by atoms with Crippen molar-refractivity contribution in [2.24, 2.45) is 0 Å². The zero-order valence-electron chi connectivity index (χ0n) is 17.5. The number of ether oxygens (including phenoxy) is 1. The van der Waals surface area contributed by atoms with Crippen molar-refractivity contribution in [3.63, 3.8) is 0 Å². The number of aliphatic hydroxyl groups is 1. The van der Waals surface area contributed by atoms with Crippen molar-refractivity contribution in [1.82, 2.24) is 9.88 Å². The van der Waals surface area contributed by atoms with Gasteiger partial charge in [-0.25, -0.2) is 0 Å². The van der Waals surface area contributed by atoms with Crippen molar-refractivity contribution in [2.75, 3.05) is 13.1 Å². The Morgan fingerprint density at radius 3 is 2.39 bits per heavy atom. The fraction of sp³-hybridized carbons (Fsp3) is 0.320. The monoisotopic (exact) mass is 544 g/mol. The minimum absolute atomic E-state index is 0.486. The van der Waals surface area contributed by atoms with E-state index < -0.39 is 5.60 Å². The number of pyridine rings is 1. The van der Waals surface area contributed by atoms with Crippen LogP contribution in [0.1, 0.15) is 35.2 Å². The minimum Gasteiger partial charge on any atom is -0.488 e. The van der Waals surface area contributed by atoms with Crippen molar-refractivity contribution in [3.05, 3.63) is 92.1 Å². The smallest absolute Gasteiger partial charge is 0.125 e. The van der Waals surface area contributed by atoms with Gasteiger partial charge in [-0.2, -0.15) is 0 Å². The van der Waals surface area contributed by atoms with Crippen molar-refractivity contribution >= 4 is 31.9 Å². The van der Waals surface area contributed by atoms with Gasteiger partial charge in [0, 0.05) is 51.6 Å². The van der Waals surface area contributed by atoms with Gasteiger partial charge in [-0.1, -0.05) is 56.1 Å². The summed E-state index contributed by atoms with van der Waals surface area (Å²) >= 11 is 7.03. The van der Waals surface area contributed by atoms with Gasteiger partial charge in [-0.15, -0.1) is 0 Å². The van der Waals surface area contributed by atoms with E-state index in [4.69, 9.17) is 4.74 Å². The fourth-order valence-electron chi connectivity index (χ4n) is 3.91. The van der Waals surface area contributed by atoms with E-state index in [1.807, 2.05) is 55.6 Å². The molecule has 2 aromatic carbocycles. The molecule has 1 N–H and O–H groups in total. The molecule has 31 heavy (non-hydrogen) atoms. The van der Waals surface area contributed by atoms with E-state index in [2.05, 4.69) is 53.9 Å². The van der Waals surface area contributed by atoms with Gasteiger partial charge in [0.2, 0.25) is 0 Å². The molecule has 1 aliphatic rings. The van der Waals surface area contributed by atoms with E-state index in [9.17, 15) is 5.11 Å². The third-order valence-corrected chi connectivity index (χ3v) is 6.88. The molecule has 4 rings (SSSR count). The van der Waals surface area contributed by atoms with Crippen LogP contribution >= 0.6 is 31.9 Å². The largest absolute Gasteiger partial charge is 0.488 e. The molecule has 2 heterocycles. The standard InChI is InChI=1S/C25H26Br2N2O2/c1-18-2-3-19(15-28-18)17-31-24-14-23(27)7-4-20(24)16-29-12-10-25(30,11-13-29)21-5-8-22(26)9-6-21/h2-9,14-15,30H,10-13,16-17H2,1H3. The van der Waals surface area contributed by atoms with Gasteiger partial charge in [0.15, 0.2) is 0 Å². The molecule has 3 aromatic rings. The van der Waals surface area contributed by atoms with Crippen molar-refractivity contribution in [3.8, 4) is 5.75 Å². The molecule has 0 atom stereocenters. The van der Waals surface area contributed by atoms with Crippen molar-refractivity contribution < 1.29 is 9.84 Å². The highest BCUT2D eigenvalue weighted by Crippen LogP contribution is 2.35. The number of aromatic nitrogens is 1. The van der Waals surface area contributed by atoms with Crippen molar-refractivity contribution in [2.45, 2.75) is 38.5 Å². The molecule has 162 valence electrons. The lowest BCUT2D eigenvalue weighted by molar-refractivity contribution is -0.0278. The first-order valence-electron chi connectivity index (χ1n) is 10.4. The lowest BCUT2D eigenvalue weighted by Crippen LogP contribution is -2.42. The maximum Gasteiger partial charge on any atom is 0.125 e. The molecular weight excluding hydrogens is 520 g/mol. The SMILES string of the molecule is Cc1ccc(COc2cc(Br)ccc2CN2CCC(O)(c3ccc(Br)cc3)CC2)cn1. The van der Waals surface area contributed by atoms with Gasteiger partial charge in [-0.3, -0.25) is 9.88 Å². The Bertz CT molecular complexity index is 1010. The zero-order chi connectivity index (χ0) is 21.8. The summed E-state index contributed by atoms with van der Waals surface area (Å²) in [6, 6.07) is 18.3. The maximum atomic E-state index is 11.2. The number of nitrogens with zero attached hydrogens (tertiary/aromatic N) is 2. The fourth-order valence-corrected chi connectivity index (χ4v) is 4.51. The first-order chi connectivity index (χ1) is 14.9. The summed E-state index contributed by atoms with van der Waals surface area (Å²) in [5, 5.41) is 11.2. The molecule has 1 fully saturated rings. The lowest BCUT2D eigenvalue weighted by Gasteiger charge is -2.38. The van der Waals surface area contributed by atoms with E-state index in [1.165, 1.54) is 0 Å². The summed E-state index contributed by atoms with van der Waals surface area (Å²) in [7, 11) is 0. The van der Waals surface area contributed by atoms with Crippen molar-refractivity contribution in [1.29, 1.82) is 0 Å². The molecular formula is C25H26Br2N2O2. The quantitative estimate of drug-likeness (QED) is 0.414. The van der Waals surface area contributed by atoms with E-state index in [0.29, 0.717) is 6.61 Å². The lowest BCUT2D eigenvalue weighted by atomic mass is 9.84. The van der Waals surface area contributed by atoms with Crippen LogP contribution in [-0.4, -0.2) is 28.1 Å². The average molecular weight is 546 g/mol. The van der Waals surface area contributed by atoms with Crippen LogP contribution in [0.25, 0.3) is 0 Å². The van der Waals surface area contributed by atoms with Gasteiger partial charge >= 0.3 is 0 Å². The third-order valence-electron chi connectivity index (χ3n) is 5.85. The Balaban J connectivity index is 1.40. The van der Waals surface area contributed by atoms with E-state index in [1.54, 1.807) is 0 Å². The molecule has 0 aliphatic carbocycles. The molecule has 1 saturated heterocycles. The number of hydrogen-bond donors (Lipinski definition) is 1. The Morgan fingerprint density at radius 2 is 1.71 bits per heavy atom. The number of aryl methyl sites for hydroxylation is 1. The first kappa shape index (κ1) is 22.5. The average Bonchev–Trinajstić information content (AvgIpc) is 2.77. The Morgan fingerprint density at radius 1 is 1.00 bits per heavy atom. The molecule has 0 amide bonds. The van der Waals surface area contributed by atoms with Crippen LogP contribution in [0.5, 0.6) is 5.75 Å². The number of likely N-dealkylation sites (tertiary alicyclic amines) is 1. The summed E-state index contributed by atoms with van der Waals surface area (Å²) in [5.41, 5.74) is 3.44. The predicted octanol–water partition coefficient (Wildman–Crippen LogP) is 5.98. The molecule has 1 aliphatic heterocycles. The van der Waals surface area contributed by atoms with Gasteiger partial charge in [0.1, 0.15) is 12.4 Å². The van der Waals surface area contributed by atoms with Crippen LogP contribution in [-0.2, 0) is 18.8 Å². The summed E-state index contributed by atoms with van der Waals surface area (Å²) in [5.74, 6) is 0.878. The van der Waals surface area contributed by atoms with Crippen LogP contribution in [0.2, 0.25) is 0 Å². The molecule has 0 radical (unpaired) electrons. The second-order valence-electron chi connectivity index (χ2n) is 8.16. The summed E-state index contributed by atoms with van der Waals surface area (Å²) in [4.78, 5) is 6.73. The molecule has 0 unspecified atom stereocenters. The van der Waals surface area contributed by atoms with E-state index >= 15 is 0 Å². The highest BCUT2D eigenvalue weighted by Gasteiger charge is 2.34. The molecule has 0 bridgehead atoms. The second kappa shape index (κ2) is 9.82. The summed E-state index contributed by atoms with van der Waals surface area (Å²) in [6.45, 7) is 4.94. The van der Waals surface area contributed by atoms with Crippen LogP contribution < -0.4 is 4.74 Å². The highest BCUT2D eigenvalue weighted by atomic mass is 79.9. The Kier molecular flexibility index (Phi) is 7.12. The first-order valence-corrected chi connectivity index (χ1v) is 12.0. The minimum atomic E-state index is -0.755. The van der Waals surface area contributed by atoms with Crippen LogP contribution in [0.3, 0.4) is 0 Å². The topological polar surface area (TPSA) is 45.6 Å². The number of benzene rings is 2. The van der Waals surface area contributed by atoms with Crippen LogP contribution in [0, 0.1) is 6.92 Å². The number of hydrogen-bond acceptors (Lipinski definition) is 4. The Hall–Kier alpha value is -1.73. The van der Waals surface area contributed by atoms with Crippen LogP contribution in [0.4, 0.5) is 0 Å². The third kappa shape index (κ3) is 5.75. The van der Waals surface area contributed by atoms with Gasteiger partial charge in [0.05, 0.1) is 5.60 Å². The normalized spacial score (nSPS) is 16.3. The van der Waals surface area contributed by atoms with Gasteiger partial charge < -0.3 is 9.84 Å². The highest BCUT2D eigenvalue weighted by molar-refractivity contribution is 9.10. The Labute approximate surface area is 200 Å². The number of piperidine rings is 1. The van der Waals surface area contributed by atoms with Gasteiger partial charge in [-0.05, 0) is 55.7 Å². The second-order valence-corrected chi connectivity index (χ2v) is 9.99. The summed E-state index contributed by atoms with van der Waals surface area (Å²) < 4.78 is 8.18. The molecule has 1 aromatic heterocycles. The number of halogens is 2. The number of rotatable bonds is 6. The van der Waals surface area contributed by atoms with Gasteiger partial charge in [0.25, 0.3) is 0 Å². The summed E-state index contributed by atoms with van der Waals surface area (Å²) in [6.07, 6.45) is 3.30. The van der Waals surface area contributed by atoms with Crippen LogP contribution in [0.15, 0.2) is 69.7 Å². The molecule has 4 nitrogen and oxygen atoms in total. The predicted molar refractivity (Wildman–Crippen MR) is 130 cm³/mol. The zero-order valence-corrected chi connectivity index (χ0v) is 20.7. The molecule has 0 spiro atoms. The molecule has 6 heteroatoms.